The molecule has 2 amide bonds. The van der Waals surface area contributed by atoms with Crippen LogP contribution in [0.1, 0.15) is 31.9 Å². The number of carbonyl (C=O) groups is 2. The average molecular weight is 607 g/mol. The molecule has 0 heterocycles. The molecule has 0 unspecified atom stereocenters. The van der Waals surface area contributed by atoms with Gasteiger partial charge in [0.15, 0.2) is 0 Å². The quantitative estimate of drug-likeness (QED) is 0.313. The van der Waals surface area contributed by atoms with Crippen molar-refractivity contribution in [3.05, 3.63) is 87.9 Å². The minimum Gasteiger partial charge on any atom is -0.497 e. The highest BCUT2D eigenvalue weighted by molar-refractivity contribution is 7.92. The van der Waals surface area contributed by atoms with E-state index in [-0.39, 0.29) is 23.2 Å². The molecule has 3 aromatic carbocycles. The van der Waals surface area contributed by atoms with E-state index in [2.05, 4.69) is 5.32 Å². The number of hydrogen-bond acceptors (Lipinski definition) is 5. The van der Waals surface area contributed by atoms with Crippen LogP contribution in [0.25, 0.3) is 0 Å². The molecule has 8 nitrogen and oxygen atoms in total. The molecule has 0 aliphatic carbocycles. The maximum atomic E-state index is 14.0. The van der Waals surface area contributed by atoms with Crippen molar-refractivity contribution < 1.29 is 22.7 Å². The Balaban J connectivity index is 2.07. The lowest BCUT2D eigenvalue weighted by Gasteiger charge is -2.32. The van der Waals surface area contributed by atoms with Gasteiger partial charge in [0.2, 0.25) is 11.8 Å². The number of amides is 2. The first-order valence-electron chi connectivity index (χ1n) is 12.6. The number of benzene rings is 3. The normalized spacial score (nSPS) is 12.1. The van der Waals surface area contributed by atoms with E-state index in [1.807, 2.05) is 6.92 Å². The molecule has 1 N–H and O–H groups in total. The summed E-state index contributed by atoms with van der Waals surface area (Å²) in [4.78, 5) is 28.3. The molecule has 0 bridgehead atoms. The second kappa shape index (κ2) is 13.4. The molecular weight excluding hydrogens is 573 g/mol. The van der Waals surface area contributed by atoms with Crippen LogP contribution in [0.3, 0.4) is 0 Å². The molecule has 0 aliphatic rings. The summed E-state index contributed by atoms with van der Waals surface area (Å²) >= 11 is 12.8. The number of rotatable bonds is 11. The van der Waals surface area contributed by atoms with E-state index in [0.717, 1.165) is 9.87 Å². The minimum absolute atomic E-state index is 0.0213. The summed E-state index contributed by atoms with van der Waals surface area (Å²) in [5.74, 6) is -0.491. The van der Waals surface area contributed by atoms with Gasteiger partial charge in [0.1, 0.15) is 18.3 Å². The number of methoxy groups -OCH3 is 1. The van der Waals surface area contributed by atoms with E-state index < -0.39 is 34.4 Å². The lowest BCUT2D eigenvalue weighted by atomic mass is 10.1. The molecule has 40 heavy (non-hydrogen) atoms. The number of ether oxygens (including phenoxy) is 1. The number of carbonyl (C=O) groups excluding carboxylic acids is 2. The van der Waals surface area contributed by atoms with Crippen molar-refractivity contribution in [3.63, 3.8) is 0 Å². The van der Waals surface area contributed by atoms with Crippen molar-refractivity contribution in [1.29, 1.82) is 0 Å². The van der Waals surface area contributed by atoms with Gasteiger partial charge >= 0.3 is 0 Å². The Kier molecular flexibility index (Phi) is 10.5. The Labute approximate surface area is 245 Å². The summed E-state index contributed by atoms with van der Waals surface area (Å²) in [6.07, 6.45) is 0. The van der Waals surface area contributed by atoms with Crippen molar-refractivity contribution >= 4 is 50.7 Å². The van der Waals surface area contributed by atoms with Crippen molar-refractivity contribution in [2.24, 2.45) is 0 Å². The topological polar surface area (TPSA) is 96.0 Å². The van der Waals surface area contributed by atoms with Crippen molar-refractivity contribution in [2.45, 2.75) is 51.2 Å². The van der Waals surface area contributed by atoms with Gasteiger partial charge in [0, 0.05) is 28.2 Å². The minimum atomic E-state index is -4.18. The third kappa shape index (κ3) is 7.47. The Hall–Kier alpha value is -3.27. The molecule has 0 saturated carbocycles. The van der Waals surface area contributed by atoms with E-state index >= 15 is 0 Å². The molecule has 0 aliphatic heterocycles. The Bertz CT molecular complexity index is 1430. The summed E-state index contributed by atoms with van der Waals surface area (Å²) in [7, 11) is -2.68. The van der Waals surface area contributed by atoms with Crippen LogP contribution in [0.2, 0.25) is 10.0 Å². The van der Waals surface area contributed by atoms with E-state index in [4.69, 9.17) is 27.9 Å². The second-order valence-corrected chi connectivity index (χ2v) is 12.3. The van der Waals surface area contributed by atoms with Gasteiger partial charge in [-0.15, -0.1) is 0 Å². The molecule has 0 spiro atoms. The molecule has 0 fully saturated rings. The standard InChI is InChI=1S/C29H33Cl2N3O5S/c1-19(2)32-29(36)21(4)33(17-25-26(30)7-6-8-27(25)31)28(35)18-34(22-11-13-23(39-5)14-12-22)40(37,38)24-15-9-20(3)10-16-24/h6-16,19,21H,17-18H2,1-5H3,(H,32,36)/t21-/m1/s1. The van der Waals surface area contributed by atoms with Crippen LogP contribution in [-0.2, 0) is 26.2 Å². The third-order valence-corrected chi connectivity index (χ3v) is 8.73. The summed E-state index contributed by atoms with van der Waals surface area (Å²) < 4.78 is 34.0. The molecule has 214 valence electrons. The van der Waals surface area contributed by atoms with Crippen LogP contribution in [0.15, 0.2) is 71.6 Å². The lowest BCUT2D eigenvalue weighted by Crippen LogP contribution is -2.52. The number of aryl methyl sites for hydroxylation is 1. The highest BCUT2D eigenvalue weighted by Gasteiger charge is 2.33. The fourth-order valence-corrected chi connectivity index (χ4v) is 5.89. The monoisotopic (exact) mass is 605 g/mol. The fourth-order valence-electron chi connectivity index (χ4n) is 3.96. The van der Waals surface area contributed by atoms with E-state index in [1.165, 1.54) is 24.1 Å². The first kappa shape index (κ1) is 31.3. The van der Waals surface area contributed by atoms with Gasteiger partial charge in [0.05, 0.1) is 17.7 Å². The molecule has 11 heteroatoms. The van der Waals surface area contributed by atoms with Gasteiger partial charge in [-0.05, 0) is 76.2 Å². The van der Waals surface area contributed by atoms with Crippen LogP contribution in [0, 0.1) is 6.92 Å². The number of sulfonamides is 1. The van der Waals surface area contributed by atoms with Gasteiger partial charge in [-0.2, -0.15) is 0 Å². The number of hydrogen-bond donors (Lipinski definition) is 1. The van der Waals surface area contributed by atoms with Crippen molar-refractivity contribution in [1.82, 2.24) is 10.2 Å². The fraction of sp³-hybridized carbons (Fsp3) is 0.310. The van der Waals surface area contributed by atoms with Crippen LogP contribution < -0.4 is 14.4 Å². The van der Waals surface area contributed by atoms with Gasteiger partial charge in [-0.3, -0.25) is 13.9 Å². The van der Waals surface area contributed by atoms with E-state index in [9.17, 15) is 18.0 Å². The maximum absolute atomic E-state index is 14.0. The molecule has 1 atom stereocenters. The lowest BCUT2D eigenvalue weighted by molar-refractivity contribution is -0.139. The second-order valence-electron chi connectivity index (χ2n) is 9.58. The first-order chi connectivity index (χ1) is 18.8. The van der Waals surface area contributed by atoms with Crippen LogP contribution >= 0.6 is 23.2 Å². The molecule has 0 radical (unpaired) electrons. The Morgan fingerprint density at radius 3 is 2.02 bits per heavy atom. The SMILES string of the molecule is COc1ccc(N(CC(=O)N(Cc2c(Cl)cccc2Cl)[C@H](C)C(=O)NC(C)C)S(=O)(=O)c2ccc(C)cc2)cc1. The smallest absolute Gasteiger partial charge is 0.264 e. The largest absolute Gasteiger partial charge is 0.497 e. The summed E-state index contributed by atoms with van der Waals surface area (Å²) in [6, 6.07) is 16.5. The van der Waals surface area contributed by atoms with Crippen molar-refractivity contribution in [3.8, 4) is 5.75 Å². The zero-order valence-corrected chi connectivity index (χ0v) is 25.3. The van der Waals surface area contributed by atoms with Crippen LogP contribution in [0.4, 0.5) is 5.69 Å². The van der Waals surface area contributed by atoms with Gasteiger partial charge < -0.3 is 15.0 Å². The maximum Gasteiger partial charge on any atom is 0.264 e. The predicted molar refractivity (Wildman–Crippen MR) is 158 cm³/mol. The Morgan fingerprint density at radius 1 is 0.925 bits per heavy atom. The molecule has 0 saturated heterocycles. The zero-order chi connectivity index (χ0) is 29.6. The zero-order valence-electron chi connectivity index (χ0n) is 23.0. The number of anilines is 1. The third-order valence-electron chi connectivity index (χ3n) is 6.24. The number of halogens is 2. The number of nitrogens with zero attached hydrogens (tertiary/aromatic N) is 2. The predicted octanol–water partition coefficient (Wildman–Crippen LogP) is 5.45. The molecule has 3 aromatic rings. The first-order valence-corrected chi connectivity index (χ1v) is 14.8. The molecular formula is C29H33Cl2N3O5S. The Morgan fingerprint density at radius 2 is 1.50 bits per heavy atom. The average Bonchev–Trinajstić information content (AvgIpc) is 2.91. The summed E-state index contributed by atoms with van der Waals surface area (Å²) in [6.45, 7) is 6.35. The van der Waals surface area contributed by atoms with Crippen molar-refractivity contribution in [2.75, 3.05) is 18.0 Å². The van der Waals surface area contributed by atoms with Crippen LogP contribution in [0.5, 0.6) is 5.75 Å². The van der Waals surface area contributed by atoms with Gasteiger partial charge in [0.25, 0.3) is 10.0 Å². The van der Waals surface area contributed by atoms with Crippen LogP contribution in [-0.4, -0.2) is 50.9 Å². The molecule has 3 rings (SSSR count). The highest BCUT2D eigenvalue weighted by Crippen LogP contribution is 2.29. The summed E-state index contributed by atoms with van der Waals surface area (Å²) in [5.41, 5.74) is 1.59. The van der Waals surface area contributed by atoms with E-state index in [1.54, 1.807) is 75.4 Å². The van der Waals surface area contributed by atoms with Gasteiger partial charge in [-0.1, -0.05) is 47.0 Å². The van der Waals surface area contributed by atoms with E-state index in [0.29, 0.717) is 21.4 Å². The van der Waals surface area contributed by atoms with Gasteiger partial charge in [-0.25, -0.2) is 8.42 Å². The highest BCUT2D eigenvalue weighted by atomic mass is 35.5. The number of nitrogens with one attached hydrogen (secondary N) is 1. The molecule has 0 aromatic heterocycles. The summed E-state index contributed by atoms with van der Waals surface area (Å²) in [5, 5.41) is 3.45.